The molecule has 0 amide bonds. The zero-order valence-corrected chi connectivity index (χ0v) is 14.3. The summed E-state index contributed by atoms with van der Waals surface area (Å²) in [6, 6.07) is 0.283. The first kappa shape index (κ1) is 15.9. The standard InChI is InChI=1S/C14H25N5O2S/c1-16(2)22(20,21)19-9-12-4-5-13(10-19)18(8-12)11-14-15-6-7-17(14)3/h6-7,12-13H,4-5,8-11H2,1-3H3/t12-,13-/m0/s1. The summed E-state index contributed by atoms with van der Waals surface area (Å²) in [5.74, 6) is 1.45. The Kier molecular flexibility index (Phi) is 4.28. The second kappa shape index (κ2) is 5.92. The lowest BCUT2D eigenvalue weighted by atomic mass is 9.95. The number of hydrogen-bond acceptors (Lipinski definition) is 4. The molecule has 0 spiro atoms. The summed E-state index contributed by atoms with van der Waals surface area (Å²) >= 11 is 0. The first-order valence-corrected chi connectivity index (χ1v) is 9.15. The Labute approximate surface area is 132 Å². The summed E-state index contributed by atoms with van der Waals surface area (Å²) in [5, 5.41) is 0. The molecular weight excluding hydrogens is 302 g/mol. The third kappa shape index (κ3) is 2.92. The van der Waals surface area contributed by atoms with Gasteiger partial charge in [0.25, 0.3) is 10.2 Å². The third-order valence-corrected chi connectivity index (χ3v) is 6.72. The maximum Gasteiger partial charge on any atom is 0.281 e. The summed E-state index contributed by atoms with van der Waals surface area (Å²) in [7, 11) is 1.89. The van der Waals surface area contributed by atoms with E-state index in [0.717, 1.165) is 31.8 Å². The molecule has 3 fully saturated rings. The fourth-order valence-corrected chi connectivity index (χ4v) is 4.70. The van der Waals surface area contributed by atoms with E-state index in [1.165, 1.54) is 4.31 Å². The molecule has 4 rings (SSSR count). The van der Waals surface area contributed by atoms with Crippen LogP contribution in [0.5, 0.6) is 0 Å². The van der Waals surface area contributed by atoms with Crippen LogP contribution in [0.2, 0.25) is 0 Å². The largest absolute Gasteiger partial charge is 0.337 e. The van der Waals surface area contributed by atoms with Gasteiger partial charge >= 0.3 is 0 Å². The minimum absolute atomic E-state index is 0.283. The number of aromatic nitrogens is 2. The molecule has 7 nitrogen and oxygen atoms in total. The SMILES string of the molecule is CN(C)S(=O)(=O)N1C[C@H]2CC[C@@H](C1)N(Cc1nccn1C)C2. The number of hydrogen-bond donors (Lipinski definition) is 0. The van der Waals surface area contributed by atoms with Crippen LogP contribution in [0, 0.1) is 5.92 Å². The van der Waals surface area contributed by atoms with Crippen LogP contribution in [-0.2, 0) is 23.8 Å². The zero-order valence-electron chi connectivity index (χ0n) is 13.5. The molecule has 0 unspecified atom stereocenters. The van der Waals surface area contributed by atoms with Gasteiger partial charge in [-0.15, -0.1) is 0 Å². The molecular formula is C14H25N5O2S. The molecule has 22 heavy (non-hydrogen) atoms. The van der Waals surface area contributed by atoms with Crippen molar-refractivity contribution in [2.75, 3.05) is 33.7 Å². The average Bonchev–Trinajstić information content (AvgIpc) is 2.68. The molecule has 1 aromatic rings. The van der Waals surface area contributed by atoms with Crippen LogP contribution < -0.4 is 0 Å². The number of aryl methyl sites for hydroxylation is 1. The molecule has 0 N–H and O–H groups in total. The minimum atomic E-state index is -3.32. The molecule has 2 atom stereocenters. The Morgan fingerprint density at radius 1 is 1.27 bits per heavy atom. The third-order valence-electron chi connectivity index (χ3n) is 4.85. The number of nitrogens with zero attached hydrogens (tertiary/aromatic N) is 5. The highest BCUT2D eigenvalue weighted by Crippen LogP contribution is 2.30. The summed E-state index contributed by atoms with van der Waals surface area (Å²) in [5.41, 5.74) is 0. The number of piperidine rings is 1. The van der Waals surface area contributed by atoms with Crippen LogP contribution in [0.3, 0.4) is 0 Å². The molecule has 0 aliphatic carbocycles. The fraction of sp³-hybridized carbons (Fsp3) is 0.786. The molecule has 4 heterocycles. The van der Waals surface area contributed by atoms with Gasteiger partial charge in [0.15, 0.2) is 0 Å². The van der Waals surface area contributed by atoms with Gasteiger partial charge in [0.2, 0.25) is 0 Å². The Morgan fingerprint density at radius 3 is 2.68 bits per heavy atom. The molecule has 0 aromatic carbocycles. The highest BCUT2D eigenvalue weighted by atomic mass is 32.2. The summed E-state index contributed by atoms with van der Waals surface area (Å²) in [6.07, 6.45) is 5.94. The predicted molar refractivity (Wildman–Crippen MR) is 84.3 cm³/mol. The van der Waals surface area contributed by atoms with Crippen LogP contribution in [-0.4, -0.2) is 71.3 Å². The van der Waals surface area contributed by atoms with Gasteiger partial charge in [-0.2, -0.15) is 17.0 Å². The van der Waals surface area contributed by atoms with E-state index in [1.807, 2.05) is 24.0 Å². The van der Waals surface area contributed by atoms with E-state index in [1.54, 1.807) is 18.4 Å². The smallest absolute Gasteiger partial charge is 0.281 e. The molecule has 2 bridgehead atoms. The van der Waals surface area contributed by atoms with Crippen molar-refractivity contribution in [1.82, 2.24) is 23.1 Å². The number of imidazole rings is 1. The topological polar surface area (TPSA) is 61.7 Å². The Bertz CT molecular complexity index is 627. The molecule has 3 saturated heterocycles. The van der Waals surface area contributed by atoms with Gasteiger partial charge in [-0.25, -0.2) is 4.98 Å². The highest BCUT2D eigenvalue weighted by molar-refractivity contribution is 7.86. The fourth-order valence-electron chi connectivity index (χ4n) is 3.48. The molecule has 3 aliphatic heterocycles. The van der Waals surface area contributed by atoms with Gasteiger partial charge < -0.3 is 4.57 Å². The van der Waals surface area contributed by atoms with E-state index in [2.05, 4.69) is 9.88 Å². The van der Waals surface area contributed by atoms with E-state index in [4.69, 9.17) is 0 Å². The predicted octanol–water partition coefficient (Wildman–Crippen LogP) is 0.123. The minimum Gasteiger partial charge on any atom is -0.337 e. The van der Waals surface area contributed by atoms with Crippen molar-refractivity contribution in [2.45, 2.75) is 25.4 Å². The quantitative estimate of drug-likeness (QED) is 0.788. The van der Waals surface area contributed by atoms with Gasteiger partial charge in [0.05, 0.1) is 6.54 Å². The lowest BCUT2D eigenvalue weighted by molar-refractivity contribution is 0.121. The maximum atomic E-state index is 12.5. The highest BCUT2D eigenvalue weighted by Gasteiger charge is 2.39. The van der Waals surface area contributed by atoms with E-state index >= 15 is 0 Å². The van der Waals surface area contributed by atoms with Crippen LogP contribution >= 0.6 is 0 Å². The van der Waals surface area contributed by atoms with Crippen molar-refractivity contribution in [1.29, 1.82) is 0 Å². The second-order valence-electron chi connectivity index (χ2n) is 6.59. The monoisotopic (exact) mass is 327 g/mol. The Morgan fingerprint density at radius 2 is 2.05 bits per heavy atom. The van der Waals surface area contributed by atoms with Gasteiger partial charge in [-0.05, 0) is 18.8 Å². The average molecular weight is 327 g/mol. The number of rotatable bonds is 4. The van der Waals surface area contributed by atoms with Crippen molar-refractivity contribution in [3.8, 4) is 0 Å². The van der Waals surface area contributed by atoms with Crippen LogP contribution in [0.4, 0.5) is 0 Å². The first-order chi connectivity index (χ1) is 10.4. The van der Waals surface area contributed by atoms with E-state index in [-0.39, 0.29) is 6.04 Å². The van der Waals surface area contributed by atoms with Gasteiger partial charge in [-0.1, -0.05) is 0 Å². The lowest BCUT2D eigenvalue weighted by Gasteiger charge is -2.35. The molecule has 0 saturated carbocycles. The van der Waals surface area contributed by atoms with Crippen LogP contribution in [0.15, 0.2) is 12.4 Å². The summed E-state index contributed by atoms with van der Waals surface area (Å²) in [4.78, 5) is 6.81. The van der Waals surface area contributed by atoms with Crippen molar-refractivity contribution >= 4 is 10.2 Å². The Hall–Kier alpha value is -0.960. The van der Waals surface area contributed by atoms with Crippen molar-refractivity contribution in [2.24, 2.45) is 13.0 Å². The molecule has 0 radical (unpaired) electrons. The van der Waals surface area contributed by atoms with Gasteiger partial charge in [0, 0.05) is 59.2 Å². The van der Waals surface area contributed by atoms with E-state index in [0.29, 0.717) is 19.0 Å². The normalized spacial score (nSPS) is 27.5. The van der Waals surface area contributed by atoms with Crippen molar-refractivity contribution in [3.05, 3.63) is 18.2 Å². The summed E-state index contributed by atoms with van der Waals surface area (Å²) < 4.78 is 29.9. The molecule has 124 valence electrons. The van der Waals surface area contributed by atoms with Crippen LogP contribution in [0.1, 0.15) is 18.7 Å². The second-order valence-corrected chi connectivity index (χ2v) is 8.73. The maximum absolute atomic E-state index is 12.5. The summed E-state index contributed by atoms with van der Waals surface area (Å²) in [6.45, 7) is 2.97. The first-order valence-electron chi connectivity index (χ1n) is 7.75. The van der Waals surface area contributed by atoms with Gasteiger partial charge in [0.1, 0.15) is 5.82 Å². The van der Waals surface area contributed by atoms with Gasteiger partial charge in [-0.3, -0.25) is 4.90 Å². The molecule has 1 aromatic heterocycles. The van der Waals surface area contributed by atoms with Crippen LogP contribution in [0.25, 0.3) is 0 Å². The Balaban J connectivity index is 1.78. The van der Waals surface area contributed by atoms with Crippen molar-refractivity contribution in [3.63, 3.8) is 0 Å². The van der Waals surface area contributed by atoms with Crippen molar-refractivity contribution < 1.29 is 8.42 Å². The molecule has 8 heteroatoms. The zero-order chi connectivity index (χ0) is 15.9. The van der Waals surface area contributed by atoms with E-state index in [9.17, 15) is 8.42 Å². The van der Waals surface area contributed by atoms with E-state index < -0.39 is 10.2 Å². The molecule has 3 aliphatic rings. The lowest BCUT2D eigenvalue weighted by Crippen LogP contribution is -2.46. The number of fused-ring (bicyclic) bond motifs is 4.